The lowest BCUT2D eigenvalue weighted by molar-refractivity contribution is -0.122. The van der Waals surface area contributed by atoms with Gasteiger partial charge in [-0.2, -0.15) is 0 Å². The number of halogens is 1. The number of nitrogens with zero attached hydrogens (tertiary/aromatic N) is 1. The van der Waals surface area contributed by atoms with E-state index in [0.29, 0.717) is 33.8 Å². The molecule has 3 heterocycles. The Morgan fingerprint density at radius 2 is 1.74 bits per heavy atom. The fourth-order valence-electron chi connectivity index (χ4n) is 5.15. The fourth-order valence-corrected chi connectivity index (χ4v) is 7.79. The molecule has 2 unspecified atom stereocenters. The van der Waals surface area contributed by atoms with Crippen molar-refractivity contribution in [2.45, 2.75) is 29.7 Å². The van der Waals surface area contributed by atoms with Crippen molar-refractivity contribution in [3.05, 3.63) is 103 Å². The van der Waals surface area contributed by atoms with Gasteiger partial charge in [0.05, 0.1) is 23.7 Å². The van der Waals surface area contributed by atoms with Crippen molar-refractivity contribution in [2.75, 3.05) is 12.0 Å². The fraction of sp³-hybridized carbons (Fsp3) is 0.207. The number of benzene rings is 3. The average Bonchev–Trinajstić information content (AvgIpc) is 3.43. The number of thiazole rings is 1. The standard InChI is InChI=1S/C29H23ClN2O5S2/c1-15-5-3-4-6-17(15)14-37-20-12-7-16(13-21(20)36-2)22-23-25(38-26-24(22)39-29(35)31-26)28(34)32(27(23)33)19-10-8-18(30)9-11-19/h3-13,22-23,25H,14H2,1-2H3,(H,31,35)/t22-,23?,25?/m1/s1. The number of ether oxygens (including phenoxy) is 2. The predicted molar refractivity (Wildman–Crippen MR) is 152 cm³/mol. The van der Waals surface area contributed by atoms with Crippen LogP contribution in [0.15, 0.2) is 76.6 Å². The van der Waals surface area contributed by atoms with E-state index >= 15 is 0 Å². The second kappa shape index (κ2) is 10.2. The Balaban J connectivity index is 1.38. The summed E-state index contributed by atoms with van der Waals surface area (Å²) >= 11 is 8.35. The van der Waals surface area contributed by atoms with Gasteiger partial charge in [0.2, 0.25) is 11.8 Å². The van der Waals surface area contributed by atoms with Gasteiger partial charge in [-0.1, -0.05) is 65.0 Å². The number of aromatic amines is 1. The Bertz CT molecular complexity index is 1650. The molecule has 2 aliphatic rings. The molecule has 1 N–H and O–H groups in total. The van der Waals surface area contributed by atoms with Crippen LogP contribution in [0, 0.1) is 12.8 Å². The number of anilines is 1. The number of aryl methyl sites for hydroxylation is 1. The summed E-state index contributed by atoms with van der Waals surface area (Å²) in [7, 11) is 1.56. The van der Waals surface area contributed by atoms with Crippen LogP contribution in [0.4, 0.5) is 5.69 Å². The minimum absolute atomic E-state index is 0.225. The first-order valence-electron chi connectivity index (χ1n) is 12.2. The minimum Gasteiger partial charge on any atom is -0.493 e. The summed E-state index contributed by atoms with van der Waals surface area (Å²) in [6.07, 6.45) is 0. The van der Waals surface area contributed by atoms with Crippen molar-refractivity contribution in [2.24, 2.45) is 5.92 Å². The minimum atomic E-state index is -0.694. The van der Waals surface area contributed by atoms with Gasteiger partial charge in [-0.05, 0) is 60.0 Å². The largest absolute Gasteiger partial charge is 0.493 e. The molecule has 10 heteroatoms. The van der Waals surface area contributed by atoms with Gasteiger partial charge >= 0.3 is 4.87 Å². The van der Waals surface area contributed by atoms with Crippen molar-refractivity contribution in [1.29, 1.82) is 0 Å². The third-order valence-corrected chi connectivity index (χ3v) is 9.75. The summed E-state index contributed by atoms with van der Waals surface area (Å²) in [5.74, 6) is -0.763. The number of aromatic nitrogens is 1. The molecule has 39 heavy (non-hydrogen) atoms. The molecular formula is C29H23ClN2O5S2. The molecule has 1 saturated heterocycles. The van der Waals surface area contributed by atoms with E-state index in [-0.39, 0.29) is 16.7 Å². The number of imide groups is 1. The summed E-state index contributed by atoms with van der Waals surface area (Å²) in [5.41, 5.74) is 3.43. The summed E-state index contributed by atoms with van der Waals surface area (Å²) in [6, 6.07) is 20.2. The first-order chi connectivity index (χ1) is 18.9. The van der Waals surface area contributed by atoms with Gasteiger partial charge in [-0.25, -0.2) is 4.90 Å². The van der Waals surface area contributed by atoms with Crippen LogP contribution in [0.1, 0.15) is 27.5 Å². The van der Waals surface area contributed by atoms with Gasteiger partial charge in [-0.15, -0.1) is 0 Å². The number of nitrogens with one attached hydrogen (secondary N) is 1. The Morgan fingerprint density at radius 3 is 2.49 bits per heavy atom. The van der Waals surface area contributed by atoms with E-state index in [0.717, 1.165) is 32.9 Å². The molecule has 1 aromatic heterocycles. The van der Waals surface area contributed by atoms with Gasteiger partial charge in [-0.3, -0.25) is 14.4 Å². The molecule has 2 aliphatic heterocycles. The first-order valence-corrected chi connectivity index (χ1v) is 14.3. The smallest absolute Gasteiger partial charge is 0.305 e. The highest BCUT2D eigenvalue weighted by Crippen LogP contribution is 2.53. The van der Waals surface area contributed by atoms with Crippen LogP contribution in [0.2, 0.25) is 5.02 Å². The molecule has 3 atom stereocenters. The third kappa shape index (κ3) is 4.54. The van der Waals surface area contributed by atoms with Crippen molar-refractivity contribution in [1.82, 2.24) is 4.98 Å². The van der Waals surface area contributed by atoms with Crippen LogP contribution < -0.4 is 19.2 Å². The molecule has 1 fully saturated rings. The summed E-state index contributed by atoms with van der Waals surface area (Å²) < 4.78 is 11.8. The second-order valence-electron chi connectivity index (χ2n) is 9.36. The highest BCUT2D eigenvalue weighted by atomic mass is 35.5. The number of H-pyrrole nitrogens is 1. The topological polar surface area (TPSA) is 88.7 Å². The number of hydrogen-bond acceptors (Lipinski definition) is 7. The monoisotopic (exact) mass is 578 g/mol. The van der Waals surface area contributed by atoms with Crippen molar-refractivity contribution in [3.8, 4) is 11.5 Å². The normalized spacial score (nSPS) is 20.1. The lowest BCUT2D eigenvalue weighted by atomic mass is 9.83. The highest BCUT2D eigenvalue weighted by molar-refractivity contribution is 8.00. The van der Waals surface area contributed by atoms with Gasteiger partial charge in [0, 0.05) is 15.8 Å². The van der Waals surface area contributed by atoms with Gasteiger partial charge in [0.15, 0.2) is 11.5 Å². The number of thioether (sulfide) groups is 1. The third-order valence-electron chi connectivity index (χ3n) is 7.10. The number of rotatable bonds is 6. The zero-order valence-electron chi connectivity index (χ0n) is 21.0. The van der Waals surface area contributed by atoms with E-state index in [1.807, 2.05) is 49.4 Å². The van der Waals surface area contributed by atoms with Gasteiger partial charge < -0.3 is 14.5 Å². The number of methoxy groups -OCH3 is 1. The Labute approximate surface area is 237 Å². The molecule has 6 rings (SSSR count). The molecule has 4 aromatic rings. The molecule has 2 amide bonds. The Hall–Kier alpha value is -3.53. The molecule has 7 nitrogen and oxygen atoms in total. The molecule has 3 aromatic carbocycles. The van der Waals surface area contributed by atoms with E-state index in [1.165, 1.54) is 16.7 Å². The van der Waals surface area contributed by atoms with E-state index in [4.69, 9.17) is 21.1 Å². The molecule has 198 valence electrons. The number of carbonyl (C=O) groups excluding carboxylic acids is 2. The van der Waals surface area contributed by atoms with E-state index in [2.05, 4.69) is 4.98 Å². The molecule has 0 spiro atoms. The van der Waals surface area contributed by atoms with Crippen LogP contribution >= 0.6 is 34.7 Å². The first kappa shape index (κ1) is 25.7. The molecule has 0 radical (unpaired) electrons. The van der Waals surface area contributed by atoms with Crippen LogP contribution in [0.5, 0.6) is 11.5 Å². The number of fused-ring (bicyclic) bond motifs is 2. The second-order valence-corrected chi connectivity index (χ2v) is 12.0. The number of amides is 2. The van der Waals surface area contributed by atoms with Crippen LogP contribution in [0.3, 0.4) is 0 Å². The average molecular weight is 579 g/mol. The molecule has 0 saturated carbocycles. The van der Waals surface area contributed by atoms with Crippen LogP contribution in [-0.2, 0) is 16.2 Å². The summed E-state index contributed by atoms with van der Waals surface area (Å²) in [6.45, 7) is 2.41. The van der Waals surface area contributed by atoms with E-state index < -0.39 is 17.1 Å². The van der Waals surface area contributed by atoms with E-state index in [9.17, 15) is 14.4 Å². The van der Waals surface area contributed by atoms with Crippen LogP contribution in [-0.4, -0.2) is 29.2 Å². The zero-order valence-corrected chi connectivity index (χ0v) is 23.4. The Morgan fingerprint density at radius 1 is 0.974 bits per heavy atom. The lowest BCUT2D eigenvalue weighted by Gasteiger charge is -2.30. The van der Waals surface area contributed by atoms with Crippen molar-refractivity contribution in [3.63, 3.8) is 0 Å². The van der Waals surface area contributed by atoms with Gasteiger partial charge in [0.25, 0.3) is 0 Å². The SMILES string of the molecule is COc1cc([C@H]2c3sc(=O)[nH]c3SC3C(=O)N(c4ccc(Cl)cc4)C(=O)C32)ccc1OCc1ccccc1C. The number of hydrogen-bond donors (Lipinski definition) is 1. The summed E-state index contributed by atoms with van der Waals surface area (Å²) in [4.78, 5) is 44.4. The molecule has 0 bridgehead atoms. The summed E-state index contributed by atoms with van der Waals surface area (Å²) in [5, 5.41) is 0.451. The maximum absolute atomic E-state index is 13.9. The highest BCUT2D eigenvalue weighted by Gasteiger charge is 2.56. The maximum Gasteiger partial charge on any atom is 0.305 e. The Kier molecular flexibility index (Phi) is 6.74. The van der Waals surface area contributed by atoms with Crippen molar-refractivity contribution < 1.29 is 19.1 Å². The van der Waals surface area contributed by atoms with Crippen molar-refractivity contribution >= 4 is 52.2 Å². The predicted octanol–water partition coefficient (Wildman–Crippen LogP) is 5.78. The number of carbonyl (C=O) groups is 2. The van der Waals surface area contributed by atoms with Crippen LogP contribution in [0.25, 0.3) is 0 Å². The zero-order chi connectivity index (χ0) is 27.3. The van der Waals surface area contributed by atoms with Gasteiger partial charge in [0.1, 0.15) is 11.9 Å². The lowest BCUT2D eigenvalue weighted by Crippen LogP contribution is -2.32. The molecule has 0 aliphatic carbocycles. The quantitative estimate of drug-likeness (QED) is 0.292. The molecular weight excluding hydrogens is 556 g/mol. The maximum atomic E-state index is 13.9. The van der Waals surface area contributed by atoms with E-state index in [1.54, 1.807) is 31.4 Å².